The average molecular weight is 527 g/mol. The molecule has 0 aliphatic heterocycles. The highest BCUT2D eigenvalue weighted by Crippen LogP contribution is 2.33. The van der Waals surface area contributed by atoms with Gasteiger partial charge in [0.2, 0.25) is 0 Å². The van der Waals surface area contributed by atoms with E-state index < -0.39 is 10.0 Å². The first-order valence-electron chi connectivity index (χ1n) is 11.9. The van der Waals surface area contributed by atoms with Gasteiger partial charge in [-0.15, -0.1) is 0 Å². The van der Waals surface area contributed by atoms with Crippen molar-refractivity contribution >= 4 is 21.6 Å². The fourth-order valence-electron chi connectivity index (χ4n) is 4.02. The lowest BCUT2D eigenvalue weighted by Gasteiger charge is -2.18. The molecule has 0 radical (unpaired) electrons. The van der Waals surface area contributed by atoms with Crippen LogP contribution in [0.1, 0.15) is 46.8 Å². The van der Waals surface area contributed by atoms with E-state index in [1.165, 1.54) is 0 Å². The monoisotopic (exact) mass is 526 g/mol. The van der Waals surface area contributed by atoms with Crippen molar-refractivity contribution in [2.75, 3.05) is 32.6 Å². The Balaban J connectivity index is 1.78. The lowest BCUT2D eigenvalue weighted by atomic mass is 10.0. The summed E-state index contributed by atoms with van der Waals surface area (Å²) in [6, 6.07) is 15.5. The summed E-state index contributed by atoms with van der Waals surface area (Å²) in [6.07, 6.45) is 0.559. The van der Waals surface area contributed by atoms with Gasteiger partial charge in [-0.3, -0.25) is 9.52 Å². The van der Waals surface area contributed by atoms with Gasteiger partial charge >= 0.3 is 0 Å². The molecule has 3 rings (SSSR count). The number of benzene rings is 3. The van der Waals surface area contributed by atoms with Gasteiger partial charge in [-0.1, -0.05) is 32.0 Å². The molecule has 0 saturated heterocycles. The summed E-state index contributed by atoms with van der Waals surface area (Å²) in [4.78, 5) is 13.1. The number of sulfonamides is 1. The number of methoxy groups -OCH3 is 3. The van der Waals surface area contributed by atoms with Crippen LogP contribution in [0.2, 0.25) is 0 Å². The lowest BCUT2D eigenvalue weighted by molar-refractivity contribution is 0.0955. The molecule has 2 N–H and O–H groups in total. The van der Waals surface area contributed by atoms with Gasteiger partial charge in [-0.25, -0.2) is 8.42 Å². The molecule has 0 fully saturated rings. The summed E-state index contributed by atoms with van der Waals surface area (Å²) < 4.78 is 45.4. The molecular formula is C28H34N2O6S. The maximum absolute atomic E-state index is 13.4. The van der Waals surface area contributed by atoms with Crippen LogP contribution in [0.4, 0.5) is 5.69 Å². The molecule has 8 nitrogen and oxygen atoms in total. The van der Waals surface area contributed by atoms with Crippen molar-refractivity contribution in [3.8, 4) is 17.2 Å². The van der Waals surface area contributed by atoms with E-state index in [2.05, 4.69) is 10.0 Å². The summed E-state index contributed by atoms with van der Waals surface area (Å²) in [6.45, 7) is 6.01. The zero-order valence-corrected chi connectivity index (χ0v) is 22.9. The topological polar surface area (TPSA) is 103 Å². The van der Waals surface area contributed by atoms with Gasteiger partial charge in [0.05, 0.1) is 37.5 Å². The molecule has 0 aliphatic rings. The first kappa shape index (κ1) is 27.9. The minimum Gasteiger partial charge on any atom is -0.496 e. The molecule has 3 aromatic carbocycles. The quantitative estimate of drug-likeness (QED) is 0.368. The van der Waals surface area contributed by atoms with Crippen LogP contribution in [0.3, 0.4) is 0 Å². The molecular weight excluding hydrogens is 492 g/mol. The van der Waals surface area contributed by atoms with Gasteiger partial charge in [-0.05, 0) is 72.4 Å². The first-order valence-corrected chi connectivity index (χ1v) is 13.4. The van der Waals surface area contributed by atoms with Crippen LogP contribution in [-0.2, 0) is 16.4 Å². The van der Waals surface area contributed by atoms with Crippen molar-refractivity contribution in [3.05, 3.63) is 76.9 Å². The predicted octanol–water partition coefficient (Wildman–Crippen LogP) is 4.92. The number of ether oxygens (including phenoxy) is 3. The van der Waals surface area contributed by atoms with Crippen LogP contribution in [0.25, 0.3) is 0 Å². The molecule has 1 amide bonds. The molecule has 0 saturated carbocycles. The maximum Gasteiger partial charge on any atom is 0.262 e. The third-order valence-corrected chi connectivity index (χ3v) is 7.51. The van der Waals surface area contributed by atoms with Crippen LogP contribution in [0, 0.1) is 6.92 Å². The number of aryl methyl sites for hydroxylation is 1. The number of carbonyl (C=O) groups is 1. The van der Waals surface area contributed by atoms with E-state index in [4.69, 9.17) is 14.2 Å². The molecule has 0 atom stereocenters. The molecule has 0 spiro atoms. The number of anilines is 1. The largest absolute Gasteiger partial charge is 0.496 e. The van der Waals surface area contributed by atoms with E-state index in [9.17, 15) is 13.2 Å². The molecule has 0 aliphatic carbocycles. The molecule has 37 heavy (non-hydrogen) atoms. The van der Waals surface area contributed by atoms with Crippen LogP contribution < -0.4 is 24.2 Å². The molecule has 0 heterocycles. The zero-order chi connectivity index (χ0) is 27.2. The molecule has 9 heteroatoms. The second kappa shape index (κ2) is 12.0. The standard InChI is InChI=1S/C28H34N2O6S/c1-18(2)22-17-27(19(3)15-25(22)35-5)37(32,33)30-23-10-8-7-9-21(23)28(31)29-14-13-20-11-12-24(34-4)26(16-20)36-6/h7-12,15-18,30H,13-14H2,1-6H3,(H,29,31). The Labute approximate surface area is 219 Å². The van der Waals surface area contributed by atoms with Crippen LogP contribution in [0.5, 0.6) is 17.2 Å². The SMILES string of the molecule is COc1ccc(CCNC(=O)c2ccccc2NS(=O)(=O)c2cc(C(C)C)c(OC)cc2C)cc1OC. The van der Waals surface area contributed by atoms with Crippen molar-refractivity contribution < 1.29 is 27.4 Å². The number of carbonyl (C=O) groups excluding carboxylic acids is 1. The van der Waals surface area contributed by atoms with Gasteiger partial charge in [0.15, 0.2) is 11.5 Å². The number of hydrogen-bond donors (Lipinski definition) is 2. The van der Waals surface area contributed by atoms with E-state index in [1.807, 2.05) is 32.0 Å². The van der Waals surface area contributed by atoms with Crippen LogP contribution in [0.15, 0.2) is 59.5 Å². The second-order valence-corrected chi connectivity index (χ2v) is 10.5. The number of nitrogens with one attached hydrogen (secondary N) is 2. The zero-order valence-electron chi connectivity index (χ0n) is 22.0. The van der Waals surface area contributed by atoms with Gasteiger partial charge in [0.25, 0.3) is 15.9 Å². The highest BCUT2D eigenvalue weighted by atomic mass is 32.2. The first-order chi connectivity index (χ1) is 17.6. The normalized spacial score (nSPS) is 11.2. The third kappa shape index (κ3) is 6.54. The van der Waals surface area contributed by atoms with Crippen LogP contribution in [-0.4, -0.2) is 42.2 Å². The fourth-order valence-corrected chi connectivity index (χ4v) is 5.36. The predicted molar refractivity (Wildman–Crippen MR) is 145 cm³/mol. The molecule has 0 aromatic heterocycles. The highest BCUT2D eigenvalue weighted by Gasteiger charge is 2.23. The Morgan fingerprint density at radius 3 is 2.22 bits per heavy atom. The van der Waals surface area contributed by atoms with Crippen LogP contribution >= 0.6 is 0 Å². The van der Waals surface area contributed by atoms with Gasteiger partial charge < -0.3 is 19.5 Å². The van der Waals surface area contributed by atoms with Gasteiger partial charge in [0.1, 0.15) is 5.75 Å². The molecule has 198 valence electrons. The molecule has 0 unspecified atom stereocenters. The van der Waals surface area contributed by atoms with E-state index in [-0.39, 0.29) is 28.0 Å². The van der Waals surface area contributed by atoms with Crippen molar-refractivity contribution in [2.45, 2.75) is 38.0 Å². The Kier molecular flexibility index (Phi) is 9.04. The number of hydrogen-bond acceptors (Lipinski definition) is 6. The van der Waals surface area contributed by atoms with Crippen molar-refractivity contribution in [3.63, 3.8) is 0 Å². The van der Waals surface area contributed by atoms with Gasteiger partial charge in [0, 0.05) is 6.54 Å². The highest BCUT2D eigenvalue weighted by molar-refractivity contribution is 7.92. The minimum atomic E-state index is -3.97. The number of amides is 1. The Morgan fingerprint density at radius 1 is 0.892 bits per heavy atom. The molecule has 3 aromatic rings. The van der Waals surface area contributed by atoms with E-state index >= 15 is 0 Å². The Bertz CT molecular complexity index is 1370. The van der Waals surface area contributed by atoms with E-state index in [1.54, 1.807) is 64.7 Å². The summed E-state index contributed by atoms with van der Waals surface area (Å²) in [5, 5.41) is 2.87. The Morgan fingerprint density at radius 2 is 1.57 bits per heavy atom. The number of rotatable bonds is 11. The minimum absolute atomic E-state index is 0.0632. The summed E-state index contributed by atoms with van der Waals surface area (Å²) in [5.41, 5.74) is 2.73. The smallest absolute Gasteiger partial charge is 0.262 e. The average Bonchev–Trinajstić information content (AvgIpc) is 2.87. The summed E-state index contributed by atoms with van der Waals surface area (Å²) in [5.74, 6) is 1.56. The van der Waals surface area contributed by atoms with Gasteiger partial charge in [-0.2, -0.15) is 0 Å². The van der Waals surface area contributed by atoms with E-state index in [0.29, 0.717) is 35.8 Å². The summed E-state index contributed by atoms with van der Waals surface area (Å²) in [7, 11) is 0.732. The van der Waals surface area contributed by atoms with Crippen molar-refractivity contribution in [1.29, 1.82) is 0 Å². The lowest BCUT2D eigenvalue weighted by Crippen LogP contribution is -2.27. The summed E-state index contributed by atoms with van der Waals surface area (Å²) >= 11 is 0. The fraction of sp³-hybridized carbons (Fsp3) is 0.321. The van der Waals surface area contributed by atoms with Crippen molar-refractivity contribution in [1.82, 2.24) is 5.32 Å². The van der Waals surface area contributed by atoms with E-state index in [0.717, 1.165) is 11.1 Å². The van der Waals surface area contributed by atoms with Crippen molar-refractivity contribution in [2.24, 2.45) is 0 Å². The third-order valence-electron chi connectivity index (χ3n) is 6.00. The Hall–Kier alpha value is -3.72. The number of para-hydroxylation sites is 1. The maximum atomic E-state index is 13.4. The second-order valence-electron chi connectivity index (χ2n) is 8.86. The molecule has 0 bridgehead atoms.